The molecule has 1 aromatic heterocycles. The number of hydrogen-bond donors (Lipinski definition) is 3. The summed E-state index contributed by atoms with van der Waals surface area (Å²) in [4.78, 5) is 19.3. The number of hydrogen-bond acceptors (Lipinski definition) is 5. The van der Waals surface area contributed by atoms with Gasteiger partial charge in [0.1, 0.15) is 17.3 Å². The van der Waals surface area contributed by atoms with Crippen LogP contribution in [-0.4, -0.2) is 34.7 Å². The minimum atomic E-state index is -0.271. The number of anilines is 2. The second kappa shape index (κ2) is 7.47. The van der Waals surface area contributed by atoms with E-state index in [9.17, 15) is 15.0 Å². The summed E-state index contributed by atoms with van der Waals surface area (Å²) in [7, 11) is 1.85. The van der Waals surface area contributed by atoms with E-state index in [0.717, 1.165) is 46.7 Å². The average Bonchev–Trinajstić information content (AvgIpc) is 2.72. The lowest BCUT2D eigenvalue weighted by molar-refractivity contribution is 0.0982. The van der Waals surface area contributed by atoms with Crippen LogP contribution in [0.5, 0.6) is 11.5 Å². The predicted molar refractivity (Wildman–Crippen MR) is 114 cm³/mol. The van der Waals surface area contributed by atoms with Crippen LogP contribution in [0.15, 0.2) is 48.5 Å². The minimum Gasteiger partial charge on any atom is -0.508 e. The number of aryl methyl sites for hydroxylation is 2. The molecule has 0 spiro atoms. The normalized spacial score (nSPS) is 13.1. The summed E-state index contributed by atoms with van der Waals surface area (Å²) in [5, 5.41) is 22.6. The number of amides is 1. The maximum Gasteiger partial charge on any atom is 0.262 e. The van der Waals surface area contributed by atoms with Crippen LogP contribution in [0.2, 0.25) is 0 Å². The first-order chi connectivity index (χ1) is 14.0. The molecule has 0 saturated carbocycles. The second-order valence-electron chi connectivity index (χ2n) is 7.18. The molecule has 0 saturated heterocycles. The monoisotopic (exact) mass is 389 g/mol. The van der Waals surface area contributed by atoms with Crippen LogP contribution in [-0.2, 0) is 6.42 Å². The molecule has 2 aromatic carbocycles. The summed E-state index contributed by atoms with van der Waals surface area (Å²) in [5.74, 6) is 0.267. The van der Waals surface area contributed by atoms with Crippen LogP contribution in [0, 0.1) is 6.92 Å². The summed E-state index contributed by atoms with van der Waals surface area (Å²) >= 11 is 0. The molecule has 1 aliphatic rings. The maximum absolute atomic E-state index is 13.0. The molecule has 4 rings (SSSR count). The van der Waals surface area contributed by atoms with E-state index >= 15 is 0 Å². The molecule has 6 nitrogen and oxygen atoms in total. The molecule has 29 heavy (non-hydrogen) atoms. The van der Waals surface area contributed by atoms with Crippen LogP contribution in [0.25, 0.3) is 11.1 Å². The Balaban J connectivity index is 1.69. The Hall–Kier alpha value is -3.54. The fourth-order valence-electron chi connectivity index (χ4n) is 3.83. The van der Waals surface area contributed by atoms with E-state index in [1.54, 1.807) is 4.90 Å². The van der Waals surface area contributed by atoms with E-state index in [1.165, 1.54) is 18.2 Å². The van der Waals surface area contributed by atoms with Crippen molar-refractivity contribution in [1.29, 1.82) is 0 Å². The number of rotatable bonds is 3. The number of pyridine rings is 1. The summed E-state index contributed by atoms with van der Waals surface area (Å²) in [5.41, 5.74) is 5.20. The highest BCUT2D eigenvalue weighted by atomic mass is 16.3. The quantitative estimate of drug-likeness (QED) is 0.628. The number of nitrogens with one attached hydrogen (secondary N) is 1. The van der Waals surface area contributed by atoms with Crippen LogP contribution in [0.4, 0.5) is 11.5 Å². The van der Waals surface area contributed by atoms with Gasteiger partial charge in [0.15, 0.2) is 0 Å². The highest BCUT2D eigenvalue weighted by Gasteiger charge is 2.26. The largest absolute Gasteiger partial charge is 0.508 e. The SMILES string of the molecule is CNc1ccc(-c2ccc3c(c2)CCCN3C(=O)c2ccc(O)cc2O)c(C)n1. The molecule has 0 aliphatic carbocycles. The van der Waals surface area contributed by atoms with Crippen LogP contribution >= 0.6 is 0 Å². The van der Waals surface area contributed by atoms with Gasteiger partial charge in [-0.1, -0.05) is 6.07 Å². The third-order valence-electron chi connectivity index (χ3n) is 5.31. The molecular formula is C23H23N3O3. The number of benzene rings is 2. The third kappa shape index (κ3) is 3.49. The Morgan fingerprint density at radius 3 is 2.66 bits per heavy atom. The minimum absolute atomic E-state index is 0.0731. The fraction of sp³-hybridized carbons (Fsp3) is 0.217. The van der Waals surface area contributed by atoms with Gasteiger partial charge < -0.3 is 20.4 Å². The number of carbonyl (C=O) groups excluding carboxylic acids is 1. The Morgan fingerprint density at radius 1 is 1.10 bits per heavy atom. The maximum atomic E-state index is 13.0. The van der Waals surface area contributed by atoms with Crippen molar-refractivity contribution in [3.05, 3.63) is 65.4 Å². The van der Waals surface area contributed by atoms with Gasteiger partial charge in [0.05, 0.1) is 5.56 Å². The molecule has 148 valence electrons. The molecule has 1 aliphatic heterocycles. The number of phenols is 2. The van der Waals surface area contributed by atoms with Crippen molar-refractivity contribution >= 4 is 17.4 Å². The highest BCUT2D eigenvalue weighted by molar-refractivity contribution is 6.08. The van der Waals surface area contributed by atoms with Crippen molar-refractivity contribution in [1.82, 2.24) is 4.98 Å². The molecule has 2 heterocycles. The highest BCUT2D eigenvalue weighted by Crippen LogP contribution is 2.35. The number of carbonyl (C=O) groups is 1. The lowest BCUT2D eigenvalue weighted by Gasteiger charge is -2.30. The van der Waals surface area contributed by atoms with Gasteiger partial charge >= 0.3 is 0 Å². The van der Waals surface area contributed by atoms with Gasteiger partial charge in [-0.15, -0.1) is 0 Å². The van der Waals surface area contributed by atoms with Crippen LogP contribution in [0.3, 0.4) is 0 Å². The Labute approximate surface area is 169 Å². The van der Waals surface area contributed by atoms with Crippen molar-refractivity contribution in [2.24, 2.45) is 0 Å². The first-order valence-corrected chi connectivity index (χ1v) is 9.60. The number of aromatic hydroxyl groups is 2. The third-order valence-corrected chi connectivity index (χ3v) is 5.31. The lowest BCUT2D eigenvalue weighted by Crippen LogP contribution is -2.35. The molecule has 1 amide bonds. The fourth-order valence-corrected chi connectivity index (χ4v) is 3.83. The van der Waals surface area contributed by atoms with Crippen molar-refractivity contribution in [2.75, 3.05) is 23.8 Å². The molecule has 3 N–H and O–H groups in total. The molecule has 6 heteroatoms. The lowest BCUT2D eigenvalue weighted by atomic mass is 9.95. The standard InChI is InChI=1S/C23H23N3O3/c1-14-18(8-10-22(24-2)25-14)15-5-9-20-16(12-15)4-3-11-26(20)23(29)19-7-6-17(27)13-21(19)28/h5-10,12-13,27-28H,3-4,11H2,1-2H3,(H,24,25). The zero-order valence-electron chi connectivity index (χ0n) is 16.4. The van der Waals surface area contributed by atoms with E-state index in [4.69, 9.17) is 0 Å². The smallest absolute Gasteiger partial charge is 0.262 e. The van der Waals surface area contributed by atoms with Crippen molar-refractivity contribution in [2.45, 2.75) is 19.8 Å². The summed E-state index contributed by atoms with van der Waals surface area (Å²) < 4.78 is 0. The first kappa shape index (κ1) is 18.8. The number of nitrogens with zero attached hydrogens (tertiary/aromatic N) is 2. The van der Waals surface area contributed by atoms with E-state index in [1.807, 2.05) is 32.2 Å². The average molecular weight is 389 g/mol. The molecule has 0 fully saturated rings. The van der Waals surface area contributed by atoms with Gasteiger partial charge in [-0.3, -0.25) is 4.79 Å². The zero-order chi connectivity index (χ0) is 20.5. The van der Waals surface area contributed by atoms with E-state index in [-0.39, 0.29) is 23.0 Å². The Bertz CT molecular complexity index is 1090. The van der Waals surface area contributed by atoms with Crippen molar-refractivity contribution in [3.63, 3.8) is 0 Å². The number of phenolic OH excluding ortho intramolecular Hbond substituents is 2. The topological polar surface area (TPSA) is 85.7 Å². The van der Waals surface area contributed by atoms with Crippen LogP contribution < -0.4 is 10.2 Å². The summed E-state index contributed by atoms with van der Waals surface area (Å²) in [6.45, 7) is 2.57. The number of aromatic nitrogens is 1. The molecule has 0 radical (unpaired) electrons. The van der Waals surface area contributed by atoms with Gasteiger partial charge in [-0.2, -0.15) is 0 Å². The van der Waals surface area contributed by atoms with E-state index < -0.39 is 0 Å². The van der Waals surface area contributed by atoms with E-state index in [2.05, 4.69) is 22.4 Å². The van der Waals surface area contributed by atoms with Crippen molar-refractivity contribution in [3.8, 4) is 22.6 Å². The Morgan fingerprint density at radius 2 is 1.93 bits per heavy atom. The molecule has 0 unspecified atom stereocenters. The first-order valence-electron chi connectivity index (χ1n) is 9.60. The van der Waals surface area contributed by atoms with Crippen LogP contribution in [0.1, 0.15) is 28.0 Å². The van der Waals surface area contributed by atoms with Gasteiger partial charge in [0.2, 0.25) is 0 Å². The van der Waals surface area contributed by atoms with Crippen molar-refractivity contribution < 1.29 is 15.0 Å². The predicted octanol–water partition coefficient (Wildman–Crippen LogP) is 4.10. The molecule has 0 bridgehead atoms. The molecular weight excluding hydrogens is 366 g/mol. The van der Waals surface area contributed by atoms with Gasteiger partial charge in [0.25, 0.3) is 5.91 Å². The summed E-state index contributed by atoms with van der Waals surface area (Å²) in [6, 6.07) is 14.1. The van der Waals surface area contributed by atoms with Gasteiger partial charge in [-0.25, -0.2) is 4.98 Å². The second-order valence-corrected chi connectivity index (χ2v) is 7.18. The van der Waals surface area contributed by atoms with Gasteiger partial charge in [-0.05, 0) is 67.3 Å². The molecule has 0 atom stereocenters. The molecule has 3 aromatic rings. The van der Waals surface area contributed by atoms with Gasteiger partial charge in [0, 0.05) is 36.6 Å². The zero-order valence-corrected chi connectivity index (χ0v) is 16.4. The Kier molecular flexibility index (Phi) is 4.84. The summed E-state index contributed by atoms with van der Waals surface area (Å²) in [6.07, 6.45) is 1.73. The van der Waals surface area contributed by atoms with E-state index in [0.29, 0.717) is 6.54 Å². The number of fused-ring (bicyclic) bond motifs is 1.